The highest BCUT2D eigenvalue weighted by Crippen LogP contribution is 2.26. The first-order valence-corrected chi connectivity index (χ1v) is 15.7. The van der Waals surface area contributed by atoms with Gasteiger partial charge in [0.2, 0.25) is 11.6 Å². The number of imide groups is 1. The number of hydrogen-bond donors (Lipinski definition) is 0. The molecule has 1 aromatic carbocycles. The molecule has 0 unspecified atom stereocenters. The fourth-order valence-corrected chi connectivity index (χ4v) is 4.94. The number of aromatic nitrogens is 1. The summed E-state index contributed by atoms with van der Waals surface area (Å²) in [4.78, 5) is 26.1. The van der Waals surface area contributed by atoms with E-state index < -0.39 is 6.09 Å². The lowest BCUT2D eigenvalue weighted by molar-refractivity contribution is -0.704. The number of nitrogens with zero attached hydrogens (tertiary/aromatic N) is 2. The Kier molecular flexibility index (Phi) is 20.6. The zero-order chi connectivity index (χ0) is 29.0. The number of carbonyl (C=O) groups excluding carboxylic acids is 2. The molecule has 0 spiro atoms. The highest BCUT2D eigenvalue weighted by atomic mass is 127. The van der Waals surface area contributed by atoms with E-state index in [2.05, 4.69) is 13.8 Å². The summed E-state index contributed by atoms with van der Waals surface area (Å²) in [5.74, 6) is 0.270. The molecule has 0 aliphatic carbocycles. The minimum absolute atomic E-state index is 0. The molecule has 2 rings (SSSR count). The summed E-state index contributed by atoms with van der Waals surface area (Å²) >= 11 is 6.43. The van der Waals surface area contributed by atoms with Gasteiger partial charge in [-0.25, -0.2) is 14.3 Å². The normalized spacial score (nSPS) is 10.6. The second-order valence-electron chi connectivity index (χ2n) is 10.5. The molecule has 1 heterocycles. The van der Waals surface area contributed by atoms with Crippen LogP contribution >= 0.6 is 11.6 Å². The summed E-state index contributed by atoms with van der Waals surface area (Å²) in [6.45, 7) is 7.33. The Bertz CT molecular complexity index is 1020. The lowest BCUT2D eigenvalue weighted by atomic mass is 10.1. The van der Waals surface area contributed by atoms with Crippen LogP contribution in [0.25, 0.3) is 0 Å². The van der Waals surface area contributed by atoms with E-state index in [1.807, 2.05) is 41.1 Å². The largest absolute Gasteiger partial charge is 1.00 e. The van der Waals surface area contributed by atoms with Crippen LogP contribution in [0.4, 0.5) is 4.79 Å². The summed E-state index contributed by atoms with van der Waals surface area (Å²) < 4.78 is 13.4. The van der Waals surface area contributed by atoms with Gasteiger partial charge in [0.05, 0.1) is 11.6 Å². The second-order valence-corrected chi connectivity index (χ2v) is 11.0. The van der Waals surface area contributed by atoms with Crippen molar-refractivity contribution >= 4 is 23.6 Å². The molecule has 230 valence electrons. The maximum atomic E-state index is 12.7. The first-order chi connectivity index (χ1) is 19.5. The number of carbonyl (C=O) groups is 2. The minimum Gasteiger partial charge on any atom is -1.00 e. The van der Waals surface area contributed by atoms with E-state index in [9.17, 15) is 9.59 Å². The van der Waals surface area contributed by atoms with E-state index in [4.69, 9.17) is 21.1 Å². The second kappa shape index (κ2) is 22.7. The summed E-state index contributed by atoms with van der Waals surface area (Å²) in [6, 6.07) is 11.1. The molecule has 41 heavy (non-hydrogen) atoms. The molecule has 0 radical (unpaired) electrons. The Morgan fingerprint density at radius 2 is 1.49 bits per heavy atom. The van der Waals surface area contributed by atoms with Gasteiger partial charge in [-0.2, -0.15) is 0 Å². The quantitative estimate of drug-likeness (QED) is 0.0995. The van der Waals surface area contributed by atoms with Crippen LogP contribution in [0.2, 0.25) is 5.02 Å². The molecule has 8 heteroatoms. The van der Waals surface area contributed by atoms with Gasteiger partial charge in [-0.1, -0.05) is 108 Å². The number of benzene rings is 1. The molecule has 0 N–H and O–H groups in total. The van der Waals surface area contributed by atoms with E-state index >= 15 is 0 Å². The maximum absolute atomic E-state index is 12.7. The average molecular weight is 701 g/mol. The van der Waals surface area contributed by atoms with E-state index in [1.165, 1.54) is 71.1 Å². The van der Waals surface area contributed by atoms with Crippen molar-refractivity contribution < 1.29 is 47.6 Å². The Labute approximate surface area is 270 Å². The molecule has 1 aromatic heterocycles. The zero-order valence-electron chi connectivity index (χ0n) is 25.3. The molecule has 0 saturated heterocycles. The van der Waals surface area contributed by atoms with Crippen molar-refractivity contribution in [3.8, 4) is 5.75 Å². The Hall–Kier alpha value is -1.87. The first kappa shape index (κ1) is 37.2. The van der Waals surface area contributed by atoms with Gasteiger partial charge in [0.25, 0.3) is 0 Å². The monoisotopic (exact) mass is 700 g/mol. The Balaban J connectivity index is 0.00000840. The number of halogens is 2. The van der Waals surface area contributed by atoms with Gasteiger partial charge in [0.15, 0.2) is 6.20 Å². The topological polar surface area (TPSA) is 59.7 Å². The molecule has 0 bridgehead atoms. The van der Waals surface area contributed by atoms with E-state index in [0.29, 0.717) is 17.4 Å². The van der Waals surface area contributed by atoms with Gasteiger partial charge in [0.1, 0.15) is 25.4 Å². The van der Waals surface area contributed by atoms with Crippen molar-refractivity contribution in [2.75, 3.05) is 6.61 Å². The number of ether oxygens (including phenoxy) is 2. The van der Waals surface area contributed by atoms with Crippen molar-refractivity contribution in [2.24, 2.45) is 0 Å². The van der Waals surface area contributed by atoms with Crippen LogP contribution in [0, 0.1) is 0 Å². The molecule has 0 saturated carbocycles. The van der Waals surface area contributed by atoms with E-state index in [-0.39, 0.29) is 43.0 Å². The van der Waals surface area contributed by atoms with Gasteiger partial charge in [-0.05, 0) is 24.1 Å². The van der Waals surface area contributed by atoms with Gasteiger partial charge in [-0.15, -0.1) is 0 Å². The molecule has 2 aromatic rings. The van der Waals surface area contributed by atoms with Crippen LogP contribution in [-0.2, 0) is 29.2 Å². The molecular weight excluding hydrogens is 651 g/mol. The first-order valence-electron chi connectivity index (χ1n) is 15.3. The molecule has 2 amide bonds. The van der Waals surface area contributed by atoms with Crippen molar-refractivity contribution in [1.82, 2.24) is 4.90 Å². The number of amides is 2. The number of aryl methyl sites for hydroxylation is 1. The maximum Gasteiger partial charge on any atom is 0.417 e. The summed E-state index contributed by atoms with van der Waals surface area (Å²) in [6.07, 6.45) is 17.9. The summed E-state index contributed by atoms with van der Waals surface area (Å²) in [5, 5.41) is 0.487. The number of unbranched alkanes of at least 4 members (excludes halogenated alkanes) is 11. The standard InChI is InChI=1S/C33H50ClN2O4.HI/c1-4-6-7-8-9-10-11-12-13-14-15-18-24-39-32-21-20-29(25-31(32)34)27-40-33(38)36(28(3)37)26-30-19-16-17-23-35(30)22-5-2;/h16-17,19-21,23,25H,4-15,18,22,24,26-27H2,1-3H3;1H/q+1;/p-1. The van der Waals surface area contributed by atoms with Crippen LogP contribution in [0.15, 0.2) is 42.6 Å². The average Bonchev–Trinajstić information content (AvgIpc) is 2.94. The molecule has 0 aliphatic rings. The van der Waals surface area contributed by atoms with E-state index in [1.54, 1.807) is 6.07 Å². The lowest BCUT2D eigenvalue weighted by Gasteiger charge is -2.18. The molecule has 0 aliphatic heterocycles. The van der Waals surface area contributed by atoms with Gasteiger partial charge in [0, 0.05) is 25.5 Å². The predicted molar refractivity (Wildman–Crippen MR) is 161 cm³/mol. The molecule has 0 atom stereocenters. The highest BCUT2D eigenvalue weighted by molar-refractivity contribution is 6.32. The molecule has 0 fully saturated rings. The van der Waals surface area contributed by atoms with Crippen molar-refractivity contribution in [3.05, 3.63) is 58.9 Å². The van der Waals surface area contributed by atoms with Gasteiger partial charge >= 0.3 is 6.09 Å². The SMILES string of the molecule is CCCCCCCCCCCCCCOc1ccc(COC(=O)N(Cc2cccc[n+]2CCC)C(C)=O)cc1Cl.[I-]. The van der Waals surface area contributed by atoms with E-state index in [0.717, 1.165) is 42.0 Å². The lowest BCUT2D eigenvalue weighted by Crippen LogP contribution is -3.00. The number of rotatable bonds is 20. The minimum atomic E-state index is -0.678. The number of pyridine rings is 1. The predicted octanol–water partition coefficient (Wildman–Crippen LogP) is 5.81. The number of hydrogen-bond acceptors (Lipinski definition) is 4. The Morgan fingerprint density at radius 1 is 0.854 bits per heavy atom. The van der Waals surface area contributed by atoms with Crippen LogP contribution in [0.1, 0.15) is 115 Å². The fourth-order valence-electron chi connectivity index (χ4n) is 4.68. The third-order valence-electron chi connectivity index (χ3n) is 7.03. The van der Waals surface area contributed by atoms with Gasteiger partial charge in [-0.3, -0.25) is 4.79 Å². The van der Waals surface area contributed by atoms with Crippen molar-refractivity contribution in [3.63, 3.8) is 0 Å². The van der Waals surface area contributed by atoms with Crippen LogP contribution in [-0.4, -0.2) is 23.5 Å². The summed E-state index contributed by atoms with van der Waals surface area (Å²) in [5.41, 5.74) is 1.61. The zero-order valence-corrected chi connectivity index (χ0v) is 28.3. The molecular formula is C33H50ClIN2O4. The van der Waals surface area contributed by atoms with Crippen LogP contribution < -0.4 is 33.3 Å². The third-order valence-corrected chi connectivity index (χ3v) is 7.33. The van der Waals surface area contributed by atoms with Crippen LogP contribution in [0.3, 0.4) is 0 Å². The van der Waals surface area contributed by atoms with Crippen molar-refractivity contribution in [2.45, 2.75) is 124 Å². The third kappa shape index (κ3) is 15.3. The Morgan fingerprint density at radius 3 is 2.07 bits per heavy atom. The fraction of sp³-hybridized carbons (Fsp3) is 0.606. The van der Waals surface area contributed by atoms with Gasteiger partial charge < -0.3 is 33.5 Å². The van der Waals surface area contributed by atoms with Crippen LogP contribution in [0.5, 0.6) is 5.75 Å². The van der Waals surface area contributed by atoms with Crippen molar-refractivity contribution in [1.29, 1.82) is 0 Å². The highest BCUT2D eigenvalue weighted by Gasteiger charge is 2.24. The molecule has 6 nitrogen and oxygen atoms in total. The smallest absolute Gasteiger partial charge is 0.417 e. The summed E-state index contributed by atoms with van der Waals surface area (Å²) in [7, 11) is 0.